The van der Waals surface area contributed by atoms with Crippen LogP contribution in [0.3, 0.4) is 0 Å². The average molecular weight is 351 g/mol. The quantitative estimate of drug-likeness (QED) is 0.660. The maximum absolute atomic E-state index is 12.8. The number of nitrogens with one attached hydrogen (secondary N) is 2. The fraction of sp³-hybridized carbons (Fsp3) is 0.842. The fourth-order valence-electron chi connectivity index (χ4n) is 4.04. The van der Waals surface area contributed by atoms with E-state index in [9.17, 15) is 14.4 Å². The molecule has 25 heavy (non-hydrogen) atoms. The van der Waals surface area contributed by atoms with Crippen LogP contribution in [0.25, 0.3) is 0 Å². The maximum Gasteiger partial charge on any atom is 0.325 e. The van der Waals surface area contributed by atoms with E-state index in [1.54, 1.807) is 0 Å². The van der Waals surface area contributed by atoms with E-state index in [1.807, 2.05) is 6.92 Å². The second-order valence-electron chi connectivity index (χ2n) is 7.66. The molecule has 6 heteroatoms. The van der Waals surface area contributed by atoms with Crippen molar-refractivity contribution >= 4 is 17.8 Å². The van der Waals surface area contributed by atoms with Crippen molar-refractivity contribution in [1.82, 2.24) is 15.5 Å². The number of nitrogens with zero attached hydrogens (tertiary/aromatic N) is 1. The molecule has 0 aromatic rings. The zero-order valence-corrected chi connectivity index (χ0v) is 15.9. The molecular formula is C19H33N3O3. The van der Waals surface area contributed by atoms with Crippen molar-refractivity contribution in [2.24, 2.45) is 11.8 Å². The first-order chi connectivity index (χ1) is 11.9. The van der Waals surface area contributed by atoms with Crippen LogP contribution in [0.4, 0.5) is 4.79 Å². The van der Waals surface area contributed by atoms with Crippen LogP contribution in [0.5, 0.6) is 0 Å². The molecule has 2 rings (SSSR count). The minimum atomic E-state index is -0.789. The molecule has 0 bridgehead atoms. The van der Waals surface area contributed by atoms with Crippen molar-refractivity contribution in [1.29, 1.82) is 0 Å². The van der Waals surface area contributed by atoms with Gasteiger partial charge in [0, 0.05) is 6.54 Å². The number of carbonyl (C=O) groups excluding carboxylic acids is 3. The third-order valence-electron chi connectivity index (χ3n) is 5.93. The second-order valence-corrected chi connectivity index (χ2v) is 7.66. The molecule has 0 radical (unpaired) electrons. The Kier molecular flexibility index (Phi) is 6.85. The van der Waals surface area contributed by atoms with Crippen molar-refractivity contribution in [3.05, 3.63) is 0 Å². The van der Waals surface area contributed by atoms with Crippen molar-refractivity contribution in [2.45, 2.75) is 77.7 Å². The molecule has 0 unspecified atom stereocenters. The third kappa shape index (κ3) is 4.33. The van der Waals surface area contributed by atoms with E-state index in [0.29, 0.717) is 18.9 Å². The van der Waals surface area contributed by atoms with Gasteiger partial charge in [-0.05, 0) is 31.1 Å². The summed E-state index contributed by atoms with van der Waals surface area (Å²) in [6.07, 6.45) is 8.04. The highest BCUT2D eigenvalue weighted by molar-refractivity contribution is 6.09. The van der Waals surface area contributed by atoms with Gasteiger partial charge in [0.2, 0.25) is 5.91 Å². The highest BCUT2D eigenvalue weighted by atomic mass is 16.2. The highest BCUT2D eigenvalue weighted by Gasteiger charge is 2.55. The first-order valence-electron chi connectivity index (χ1n) is 9.85. The molecule has 1 aliphatic heterocycles. The molecule has 1 aliphatic carbocycles. The number of imide groups is 1. The van der Waals surface area contributed by atoms with Gasteiger partial charge in [-0.25, -0.2) is 4.79 Å². The number of amides is 4. The number of hydrogen-bond acceptors (Lipinski definition) is 3. The highest BCUT2D eigenvalue weighted by Crippen LogP contribution is 2.38. The summed E-state index contributed by atoms with van der Waals surface area (Å²) in [5.41, 5.74) is -0.789. The van der Waals surface area contributed by atoms with E-state index in [0.717, 1.165) is 49.8 Å². The lowest BCUT2D eigenvalue weighted by atomic mass is 9.73. The van der Waals surface area contributed by atoms with Crippen LogP contribution in [-0.2, 0) is 9.59 Å². The maximum atomic E-state index is 12.8. The molecule has 1 heterocycles. The molecule has 3 atom stereocenters. The largest absolute Gasteiger partial charge is 0.354 e. The lowest BCUT2D eigenvalue weighted by Crippen LogP contribution is -2.54. The zero-order chi connectivity index (χ0) is 18.4. The molecule has 1 saturated heterocycles. The number of hydrogen-bond donors (Lipinski definition) is 2. The Balaban J connectivity index is 1.90. The smallest absolute Gasteiger partial charge is 0.325 e. The van der Waals surface area contributed by atoms with Gasteiger partial charge in [-0.1, -0.05) is 52.9 Å². The van der Waals surface area contributed by atoms with Crippen molar-refractivity contribution in [3.8, 4) is 0 Å². The van der Waals surface area contributed by atoms with E-state index in [2.05, 4.69) is 24.5 Å². The van der Waals surface area contributed by atoms with Crippen LogP contribution in [-0.4, -0.2) is 41.4 Å². The Morgan fingerprint density at radius 2 is 2.12 bits per heavy atom. The molecule has 1 saturated carbocycles. The standard InChI is InChI=1S/C19H33N3O3/c1-4-6-10-15(5-2)12-20-16(23)13-22-17(24)19(21-18(22)25)11-8-7-9-14(19)3/h14-15H,4-13H2,1-3H3,(H,20,23)(H,21,25)/t14-,15+,19-/m0/s1. The van der Waals surface area contributed by atoms with Crippen LogP contribution >= 0.6 is 0 Å². The van der Waals surface area contributed by atoms with Gasteiger partial charge in [-0.2, -0.15) is 0 Å². The van der Waals surface area contributed by atoms with Gasteiger partial charge in [-0.15, -0.1) is 0 Å². The van der Waals surface area contributed by atoms with Gasteiger partial charge in [0.15, 0.2) is 0 Å². The molecule has 0 aromatic heterocycles. The summed E-state index contributed by atoms with van der Waals surface area (Å²) in [6, 6.07) is -0.424. The van der Waals surface area contributed by atoms with Crippen LogP contribution in [0.2, 0.25) is 0 Å². The van der Waals surface area contributed by atoms with Crippen LogP contribution in [0.15, 0.2) is 0 Å². The summed E-state index contributed by atoms with van der Waals surface area (Å²) in [7, 11) is 0. The molecular weight excluding hydrogens is 318 g/mol. The predicted octanol–water partition coefficient (Wildman–Crippen LogP) is 2.82. The van der Waals surface area contributed by atoms with Gasteiger partial charge >= 0.3 is 6.03 Å². The lowest BCUT2D eigenvalue weighted by Gasteiger charge is -2.36. The molecule has 2 N–H and O–H groups in total. The molecule has 1 spiro atoms. The number of urea groups is 1. The summed E-state index contributed by atoms with van der Waals surface area (Å²) in [5, 5.41) is 5.79. The Morgan fingerprint density at radius 1 is 1.36 bits per heavy atom. The van der Waals surface area contributed by atoms with Gasteiger partial charge in [0.25, 0.3) is 5.91 Å². The van der Waals surface area contributed by atoms with Crippen molar-refractivity contribution < 1.29 is 14.4 Å². The van der Waals surface area contributed by atoms with Gasteiger partial charge in [-0.3, -0.25) is 14.5 Å². The first-order valence-corrected chi connectivity index (χ1v) is 9.85. The minimum Gasteiger partial charge on any atom is -0.354 e. The zero-order valence-electron chi connectivity index (χ0n) is 15.9. The second kappa shape index (κ2) is 8.68. The van der Waals surface area contributed by atoms with Gasteiger partial charge in [0.1, 0.15) is 12.1 Å². The fourth-order valence-corrected chi connectivity index (χ4v) is 4.04. The summed E-state index contributed by atoms with van der Waals surface area (Å²) in [4.78, 5) is 38.5. The number of rotatable bonds is 8. The normalized spacial score (nSPS) is 27.5. The Hall–Kier alpha value is -1.59. The van der Waals surface area contributed by atoms with Gasteiger partial charge in [0.05, 0.1) is 0 Å². The van der Waals surface area contributed by atoms with Gasteiger partial charge < -0.3 is 10.6 Å². The summed E-state index contributed by atoms with van der Waals surface area (Å²) in [5.74, 6) is 0.0952. The average Bonchev–Trinajstić information content (AvgIpc) is 2.83. The Morgan fingerprint density at radius 3 is 2.76 bits per heavy atom. The number of unbranched alkanes of at least 4 members (excludes halogenated alkanes) is 1. The van der Waals surface area contributed by atoms with E-state index < -0.39 is 11.6 Å². The summed E-state index contributed by atoms with van der Waals surface area (Å²) in [6.45, 7) is 6.73. The third-order valence-corrected chi connectivity index (χ3v) is 5.93. The van der Waals surface area contributed by atoms with E-state index >= 15 is 0 Å². The summed E-state index contributed by atoms with van der Waals surface area (Å²) < 4.78 is 0. The lowest BCUT2D eigenvalue weighted by molar-refractivity contribution is -0.137. The topological polar surface area (TPSA) is 78.5 Å². The minimum absolute atomic E-state index is 0.115. The summed E-state index contributed by atoms with van der Waals surface area (Å²) >= 11 is 0. The molecule has 0 aromatic carbocycles. The first kappa shape index (κ1) is 19.7. The van der Waals surface area contributed by atoms with Crippen molar-refractivity contribution in [2.75, 3.05) is 13.1 Å². The molecule has 142 valence electrons. The molecule has 4 amide bonds. The van der Waals surface area contributed by atoms with E-state index in [4.69, 9.17) is 0 Å². The predicted molar refractivity (Wildman–Crippen MR) is 96.9 cm³/mol. The molecule has 2 fully saturated rings. The van der Waals surface area contributed by atoms with Crippen LogP contribution < -0.4 is 10.6 Å². The number of carbonyl (C=O) groups is 3. The van der Waals surface area contributed by atoms with E-state index in [-0.39, 0.29) is 24.3 Å². The van der Waals surface area contributed by atoms with Crippen molar-refractivity contribution in [3.63, 3.8) is 0 Å². The Labute approximate surface area is 151 Å². The van der Waals surface area contributed by atoms with Crippen LogP contribution in [0.1, 0.15) is 72.1 Å². The SMILES string of the molecule is CCCC[C@@H](CC)CNC(=O)CN1C(=O)N[C@]2(CCCC[C@@H]2C)C1=O. The van der Waals surface area contributed by atoms with Crippen LogP contribution in [0, 0.1) is 11.8 Å². The Bertz CT molecular complexity index is 508. The van der Waals surface area contributed by atoms with E-state index in [1.165, 1.54) is 0 Å². The molecule has 6 nitrogen and oxygen atoms in total. The molecule has 2 aliphatic rings. The monoisotopic (exact) mass is 351 g/mol.